The monoisotopic (exact) mass is 385 g/mol. The van der Waals surface area contributed by atoms with Crippen LogP contribution in [0.1, 0.15) is 42.7 Å². The van der Waals surface area contributed by atoms with Gasteiger partial charge in [0.25, 0.3) is 0 Å². The van der Waals surface area contributed by atoms with Gasteiger partial charge < -0.3 is 4.74 Å². The van der Waals surface area contributed by atoms with Crippen molar-refractivity contribution in [3.8, 4) is 5.88 Å². The second kappa shape index (κ2) is 6.50. The molecule has 0 saturated heterocycles. The van der Waals surface area contributed by atoms with Crippen LogP contribution in [0.3, 0.4) is 0 Å². The summed E-state index contributed by atoms with van der Waals surface area (Å²) in [5.41, 5.74) is 0.209. The third kappa shape index (κ3) is 2.87. The lowest BCUT2D eigenvalue weighted by atomic mass is 9.89. The highest BCUT2D eigenvalue weighted by Crippen LogP contribution is 2.35. The minimum atomic E-state index is -0.646. The molecule has 0 unspecified atom stereocenters. The first-order chi connectivity index (χ1) is 13.6. The van der Waals surface area contributed by atoms with E-state index in [0.29, 0.717) is 43.0 Å². The van der Waals surface area contributed by atoms with E-state index in [1.54, 1.807) is 23.2 Å². The summed E-state index contributed by atoms with van der Waals surface area (Å²) >= 11 is 0. The lowest BCUT2D eigenvalue weighted by Crippen LogP contribution is -2.41. The van der Waals surface area contributed by atoms with Gasteiger partial charge in [0, 0.05) is 37.7 Å². The van der Waals surface area contributed by atoms with Crippen LogP contribution >= 0.6 is 0 Å². The van der Waals surface area contributed by atoms with Crippen LogP contribution in [0.5, 0.6) is 5.88 Å². The largest absolute Gasteiger partial charge is 0.473 e. The topological polar surface area (TPSA) is 74.8 Å². The van der Waals surface area contributed by atoms with Gasteiger partial charge in [0.2, 0.25) is 5.88 Å². The van der Waals surface area contributed by atoms with Gasteiger partial charge in [0.15, 0.2) is 0 Å². The molecule has 1 aliphatic heterocycles. The number of hydrogen-bond donors (Lipinski definition) is 0. The molecular weight excluding hydrogens is 368 g/mol. The molecule has 1 atom stereocenters. The van der Waals surface area contributed by atoms with Crippen LogP contribution in [-0.4, -0.2) is 30.4 Å². The maximum atomic E-state index is 13.6. The summed E-state index contributed by atoms with van der Waals surface area (Å²) in [6.07, 6.45) is 7.13. The van der Waals surface area contributed by atoms with E-state index in [9.17, 15) is 13.6 Å². The Morgan fingerprint density at radius 1 is 1.11 bits per heavy atom. The zero-order valence-electron chi connectivity index (χ0n) is 14.8. The van der Waals surface area contributed by atoms with Gasteiger partial charge >= 0.3 is 5.69 Å². The second-order valence-corrected chi connectivity index (χ2v) is 7.18. The highest BCUT2D eigenvalue weighted by atomic mass is 19.1. The highest BCUT2D eigenvalue weighted by molar-refractivity contribution is 5.25. The average molecular weight is 385 g/mol. The van der Waals surface area contributed by atoms with E-state index >= 15 is 0 Å². The van der Waals surface area contributed by atoms with Crippen LogP contribution in [0.2, 0.25) is 0 Å². The Hall–Kier alpha value is -3.10. The summed E-state index contributed by atoms with van der Waals surface area (Å²) in [7, 11) is 0. The minimum Gasteiger partial charge on any atom is -0.473 e. The SMILES string of the molecule is O=c1n2c(nn1[C@H]1C[C@H](Oc3cnccn3)C1)CC[C@H]2c1cc(F)cc(F)c1. The van der Waals surface area contributed by atoms with Crippen molar-refractivity contribution in [1.29, 1.82) is 0 Å². The Kier molecular flexibility index (Phi) is 3.96. The number of ether oxygens (including phenoxy) is 1. The van der Waals surface area contributed by atoms with E-state index < -0.39 is 17.7 Å². The highest BCUT2D eigenvalue weighted by Gasteiger charge is 2.38. The van der Waals surface area contributed by atoms with Gasteiger partial charge in [0.05, 0.1) is 18.3 Å². The van der Waals surface area contributed by atoms with Crippen molar-refractivity contribution in [3.63, 3.8) is 0 Å². The normalized spacial score (nSPS) is 23.3. The molecule has 0 bridgehead atoms. The molecule has 2 aliphatic rings. The number of aryl methyl sites for hydroxylation is 1. The van der Waals surface area contributed by atoms with Crippen LogP contribution < -0.4 is 10.4 Å². The number of benzene rings is 1. The number of nitrogens with zero attached hydrogens (tertiary/aromatic N) is 5. The maximum Gasteiger partial charge on any atom is 0.346 e. The van der Waals surface area contributed by atoms with E-state index in [4.69, 9.17) is 4.74 Å². The van der Waals surface area contributed by atoms with Gasteiger partial charge in [0.1, 0.15) is 23.6 Å². The van der Waals surface area contributed by atoms with E-state index in [1.807, 2.05) is 0 Å². The van der Waals surface area contributed by atoms with Crippen molar-refractivity contribution in [2.75, 3.05) is 0 Å². The number of rotatable bonds is 4. The minimum absolute atomic E-state index is 0.0433. The molecule has 7 nitrogen and oxygen atoms in total. The van der Waals surface area contributed by atoms with Gasteiger partial charge in [-0.3, -0.25) is 9.55 Å². The Balaban J connectivity index is 1.35. The molecule has 1 fully saturated rings. The molecule has 5 rings (SSSR count). The van der Waals surface area contributed by atoms with E-state index in [1.165, 1.54) is 16.8 Å². The Morgan fingerprint density at radius 3 is 2.61 bits per heavy atom. The fourth-order valence-electron chi connectivity index (χ4n) is 3.99. The summed E-state index contributed by atoms with van der Waals surface area (Å²) in [4.78, 5) is 21.0. The van der Waals surface area contributed by atoms with Gasteiger partial charge in [-0.15, -0.1) is 0 Å². The Morgan fingerprint density at radius 2 is 1.89 bits per heavy atom. The fraction of sp³-hybridized carbons (Fsp3) is 0.368. The molecular formula is C19H17F2N5O2. The summed E-state index contributed by atoms with van der Waals surface area (Å²) in [5.74, 6) is -0.185. The van der Waals surface area contributed by atoms with Crippen LogP contribution in [0.4, 0.5) is 8.78 Å². The number of aromatic nitrogens is 5. The first-order valence-corrected chi connectivity index (χ1v) is 9.17. The molecule has 3 heterocycles. The molecule has 144 valence electrons. The zero-order chi connectivity index (χ0) is 19.3. The van der Waals surface area contributed by atoms with Crippen molar-refractivity contribution in [2.45, 2.75) is 43.9 Å². The number of hydrogen-bond acceptors (Lipinski definition) is 5. The second-order valence-electron chi connectivity index (χ2n) is 7.18. The molecule has 2 aromatic heterocycles. The predicted molar refractivity (Wildman–Crippen MR) is 94.0 cm³/mol. The van der Waals surface area contributed by atoms with Crippen molar-refractivity contribution in [2.24, 2.45) is 0 Å². The number of halogens is 2. The van der Waals surface area contributed by atoms with Crippen LogP contribution in [0.25, 0.3) is 0 Å². The molecule has 1 aromatic carbocycles. The molecule has 1 aliphatic carbocycles. The van der Waals surface area contributed by atoms with Crippen molar-refractivity contribution >= 4 is 0 Å². The van der Waals surface area contributed by atoms with Crippen molar-refractivity contribution < 1.29 is 13.5 Å². The van der Waals surface area contributed by atoms with Gasteiger partial charge in [-0.1, -0.05) is 0 Å². The smallest absolute Gasteiger partial charge is 0.346 e. The standard InChI is InChI=1S/C19H17F2N5O2/c20-12-5-11(6-13(21)7-12)16-1-2-17-24-26(19(27)25(16)17)14-8-15(9-14)28-18-10-22-3-4-23-18/h3-7,10,14-16H,1-2,8-9H2/t14-,15-,16-/m0/s1. The van der Waals surface area contributed by atoms with Crippen LogP contribution in [0, 0.1) is 11.6 Å². The van der Waals surface area contributed by atoms with Gasteiger partial charge in [-0.25, -0.2) is 23.2 Å². The summed E-state index contributed by atoms with van der Waals surface area (Å²) in [6.45, 7) is 0. The fourth-order valence-corrected chi connectivity index (χ4v) is 3.99. The zero-order valence-corrected chi connectivity index (χ0v) is 14.8. The lowest BCUT2D eigenvalue weighted by molar-refractivity contribution is 0.0581. The molecule has 0 amide bonds. The molecule has 3 aromatic rings. The Labute approximate surface area is 158 Å². The van der Waals surface area contributed by atoms with E-state index in [2.05, 4.69) is 15.1 Å². The van der Waals surface area contributed by atoms with E-state index in [-0.39, 0.29) is 17.8 Å². The average Bonchev–Trinajstić information content (AvgIpc) is 3.18. The lowest BCUT2D eigenvalue weighted by Gasteiger charge is -2.34. The third-order valence-electron chi connectivity index (χ3n) is 5.37. The van der Waals surface area contributed by atoms with Crippen molar-refractivity contribution in [1.82, 2.24) is 24.3 Å². The Bertz CT molecular complexity index is 1060. The number of fused-ring (bicyclic) bond motifs is 1. The first-order valence-electron chi connectivity index (χ1n) is 9.17. The van der Waals surface area contributed by atoms with E-state index in [0.717, 1.165) is 6.07 Å². The quantitative estimate of drug-likeness (QED) is 0.690. The first kappa shape index (κ1) is 17.0. The van der Waals surface area contributed by atoms with Crippen molar-refractivity contribution in [3.05, 3.63) is 70.3 Å². The summed E-state index contributed by atoms with van der Waals surface area (Å²) in [5, 5.41) is 4.47. The molecule has 9 heteroatoms. The van der Waals surface area contributed by atoms with Gasteiger partial charge in [-0.05, 0) is 24.1 Å². The maximum absolute atomic E-state index is 13.6. The molecule has 0 N–H and O–H groups in total. The molecule has 0 radical (unpaired) electrons. The summed E-state index contributed by atoms with van der Waals surface area (Å²) in [6, 6.07) is 2.93. The molecule has 0 spiro atoms. The van der Waals surface area contributed by atoms with Crippen LogP contribution in [0.15, 0.2) is 41.6 Å². The van der Waals surface area contributed by atoms with Crippen LogP contribution in [-0.2, 0) is 6.42 Å². The molecule has 1 saturated carbocycles. The van der Waals surface area contributed by atoms with Gasteiger partial charge in [-0.2, -0.15) is 5.10 Å². The molecule has 28 heavy (non-hydrogen) atoms. The third-order valence-corrected chi connectivity index (χ3v) is 5.37. The summed E-state index contributed by atoms with van der Waals surface area (Å²) < 4.78 is 36.0. The predicted octanol–water partition coefficient (Wildman–Crippen LogP) is 2.43.